The first-order valence-electron chi connectivity index (χ1n) is 9.21. The van der Waals surface area contributed by atoms with E-state index in [0.717, 1.165) is 39.8 Å². The van der Waals surface area contributed by atoms with E-state index in [0.29, 0.717) is 22.4 Å². The van der Waals surface area contributed by atoms with Gasteiger partial charge >= 0.3 is 0 Å². The predicted octanol–water partition coefficient (Wildman–Crippen LogP) is 3.94. The van der Waals surface area contributed by atoms with Gasteiger partial charge in [0.05, 0.1) is 27.3 Å². The van der Waals surface area contributed by atoms with Gasteiger partial charge in [0.1, 0.15) is 5.69 Å². The zero-order valence-electron chi connectivity index (χ0n) is 15.5. The van der Waals surface area contributed by atoms with Gasteiger partial charge in [-0.2, -0.15) is 5.10 Å². The van der Waals surface area contributed by atoms with Crippen molar-refractivity contribution in [2.75, 3.05) is 0 Å². The average molecular weight is 370 g/mol. The number of aryl methyl sites for hydroxylation is 1. The van der Waals surface area contributed by atoms with Crippen LogP contribution < -0.4 is 5.56 Å². The van der Waals surface area contributed by atoms with Crippen LogP contribution >= 0.6 is 0 Å². The van der Waals surface area contributed by atoms with E-state index in [1.165, 1.54) is 0 Å². The third kappa shape index (κ3) is 2.36. The summed E-state index contributed by atoms with van der Waals surface area (Å²) in [5, 5.41) is 8.71. The highest BCUT2D eigenvalue weighted by Gasteiger charge is 2.17. The van der Waals surface area contributed by atoms with E-state index in [1.807, 2.05) is 49.4 Å². The monoisotopic (exact) mass is 370 g/mol. The number of fused-ring (bicyclic) bond motifs is 3. The van der Waals surface area contributed by atoms with E-state index in [2.05, 4.69) is 32.1 Å². The number of benzene rings is 1. The fourth-order valence-electron chi connectivity index (χ4n) is 3.66. The number of nitrogens with zero attached hydrogens (tertiary/aromatic N) is 3. The molecule has 4 aromatic heterocycles. The second kappa shape index (κ2) is 6.16. The fourth-order valence-corrected chi connectivity index (χ4v) is 3.66. The summed E-state index contributed by atoms with van der Waals surface area (Å²) in [5.41, 5.74) is 5.42. The standard InChI is InChI=1S/C21H18N6O/c1-3-7-14-11(4-2)17-13(21(28)24-14)10-12-18(26-27-19(12)25-17)20-22-15-8-5-6-9-16(15)23-20/h3,5-10H,4H2,1-2H3,(H,22,23)(H,24,28)(H,25,26,27)/b7-3-. The Bertz CT molecular complexity index is 1400. The highest BCUT2D eigenvalue weighted by Crippen LogP contribution is 2.28. The summed E-state index contributed by atoms with van der Waals surface area (Å²) in [6.07, 6.45) is 4.56. The number of aromatic nitrogens is 6. The molecule has 0 saturated heterocycles. The lowest BCUT2D eigenvalue weighted by atomic mass is 10.0. The Morgan fingerprint density at radius 3 is 2.75 bits per heavy atom. The molecule has 5 aromatic rings. The van der Waals surface area contributed by atoms with Gasteiger partial charge in [0.2, 0.25) is 0 Å². The fraction of sp³-hybridized carbons (Fsp3) is 0.143. The molecule has 0 radical (unpaired) electrons. The van der Waals surface area contributed by atoms with E-state index in [4.69, 9.17) is 4.98 Å². The van der Waals surface area contributed by atoms with E-state index in [9.17, 15) is 4.79 Å². The maximum atomic E-state index is 12.7. The van der Waals surface area contributed by atoms with Crippen molar-refractivity contribution >= 4 is 39.0 Å². The van der Waals surface area contributed by atoms with Crippen molar-refractivity contribution in [3.05, 3.63) is 58.0 Å². The molecule has 0 unspecified atom stereocenters. The maximum absolute atomic E-state index is 12.7. The van der Waals surface area contributed by atoms with E-state index >= 15 is 0 Å². The third-order valence-electron chi connectivity index (χ3n) is 4.96. The molecule has 0 amide bonds. The molecule has 0 spiro atoms. The number of para-hydroxylation sites is 2. The van der Waals surface area contributed by atoms with Crippen LogP contribution in [0.1, 0.15) is 25.1 Å². The Morgan fingerprint density at radius 2 is 1.96 bits per heavy atom. The van der Waals surface area contributed by atoms with Crippen LogP contribution in [0.2, 0.25) is 0 Å². The summed E-state index contributed by atoms with van der Waals surface area (Å²) in [4.78, 5) is 28.3. The second-order valence-corrected chi connectivity index (χ2v) is 6.66. The highest BCUT2D eigenvalue weighted by molar-refractivity contribution is 5.99. The molecule has 138 valence electrons. The van der Waals surface area contributed by atoms with Gasteiger partial charge in [0.15, 0.2) is 11.5 Å². The zero-order chi connectivity index (χ0) is 19.3. The van der Waals surface area contributed by atoms with Crippen LogP contribution in [0.3, 0.4) is 0 Å². The minimum absolute atomic E-state index is 0.161. The molecule has 0 aliphatic carbocycles. The van der Waals surface area contributed by atoms with Crippen molar-refractivity contribution < 1.29 is 0 Å². The maximum Gasteiger partial charge on any atom is 0.257 e. The van der Waals surface area contributed by atoms with Crippen LogP contribution in [0.5, 0.6) is 0 Å². The van der Waals surface area contributed by atoms with Gasteiger partial charge < -0.3 is 9.97 Å². The number of nitrogens with one attached hydrogen (secondary N) is 3. The molecular weight excluding hydrogens is 352 g/mol. The van der Waals surface area contributed by atoms with Crippen LogP contribution in [0.25, 0.3) is 50.6 Å². The predicted molar refractivity (Wildman–Crippen MR) is 111 cm³/mol. The molecule has 0 aliphatic rings. The molecule has 4 heterocycles. The zero-order valence-corrected chi connectivity index (χ0v) is 15.5. The van der Waals surface area contributed by atoms with Crippen LogP contribution in [0, 0.1) is 0 Å². The van der Waals surface area contributed by atoms with Crippen molar-refractivity contribution in [1.29, 1.82) is 0 Å². The van der Waals surface area contributed by atoms with Gasteiger partial charge in [-0.05, 0) is 37.6 Å². The minimum atomic E-state index is -0.161. The smallest absolute Gasteiger partial charge is 0.257 e. The number of allylic oxidation sites excluding steroid dienone is 1. The van der Waals surface area contributed by atoms with Crippen LogP contribution in [0.4, 0.5) is 0 Å². The Balaban J connectivity index is 1.80. The molecule has 1 aromatic carbocycles. The number of aromatic amines is 3. The molecule has 0 aliphatic heterocycles. The van der Waals surface area contributed by atoms with Crippen LogP contribution in [-0.4, -0.2) is 30.1 Å². The molecule has 3 N–H and O–H groups in total. The number of pyridine rings is 2. The van der Waals surface area contributed by atoms with Gasteiger partial charge in [-0.1, -0.05) is 25.1 Å². The second-order valence-electron chi connectivity index (χ2n) is 6.66. The topological polar surface area (TPSA) is 103 Å². The van der Waals surface area contributed by atoms with Crippen molar-refractivity contribution in [2.45, 2.75) is 20.3 Å². The van der Waals surface area contributed by atoms with E-state index in [-0.39, 0.29) is 5.56 Å². The van der Waals surface area contributed by atoms with Gasteiger partial charge in [-0.25, -0.2) is 9.97 Å². The lowest BCUT2D eigenvalue weighted by Gasteiger charge is -2.07. The van der Waals surface area contributed by atoms with Crippen molar-refractivity contribution in [3.63, 3.8) is 0 Å². The van der Waals surface area contributed by atoms with Crippen molar-refractivity contribution in [3.8, 4) is 11.5 Å². The van der Waals surface area contributed by atoms with Gasteiger partial charge in [-0.15, -0.1) is 0 Å². The number of hydrogen-bond acceptors (Lipinski definition) is 4. The first-order chi connectivity index (χ1) is 13.7. The van der Waals surface area contributed by atoms with Crippen molar-refractivity contribution in [1.82, 2.24) is 30.1 Å². The molecule has 7 heteroatoms. The van der Waals surface area contributed by atoms with Gasteiger partial charge in [0, 0.05) is 11.3 Å². The summed E-state index contributed by atoms with van der Waals surface area (Å²) < 4.78 is 0. The lowest BCUT2D eigenvalue weighted by Crippen LogP contribution is -2.11. The van der Waals surface area contributed by atoms with Gasteiger partial charge in [0.25, 0.3) is 5.56 Å². The van der Waals surface area contributed by atoms with E-state index in [1.54, 1.807) is 0 Å². The minimum Gasteiger partial charge on any atom is -0.337 e. The normalized spacial score (nSPS) is 12.1. The molecule has 5 rings (SSSR count). The van der Waals surface area contributed by atoms with Gasteiger partial charge in [-0.3, -0.25) is 9.89 Å². The third-order valence-corrected chi connectivity index (χ3v) is 4.96. The summed E-state index contributed by atoms with van der Waals surface area (Å²) >= 11 is 0. The number of imidazole rings is 1. The molecule has 0 bridgehead atoms. The lowest BCUT2D eigenvalue weighted by molar-refractivity contribution is 1.07. The Labute approximate surface area is 159 Å². The quantitative estimate of drug-likeness (QED) is 0.447. The largest absolute Gasteiger partial charge is 0.337 e. The number of rotatable bonds is 3. The first kappa shape index (κ1) is 16.4. The Kier molecular flexibility index (Phi) is 3.61. The number of hydrogen-bond donors (Lipinski definition) is 3. The molecule has 0 fully saturated rings. The summed E-state index contributed by atoms with van der Waals surface area (Å²) in [6.45, 7) is 3.97. The molecule has 0 saturated carbocycles. The van der Waals surface area contributed by atoms with Crippen LogP contribution in [0.15, 0.2) is 41.2 Å². The summed E-state index contributed by atoms with van der Waals surface area (Å²) in [7, 11) is 0. The molecule has 7 nitrogen and oxygen atoms in total. The summed E-state index contributed by atoms with van der Waals surface area (Å²) in [5.74, 6) is 0.669. The highest BCUT2D eigenvalue weighted by atomic mass is 16.1. The molecule has 0 atom stereocenters. The Morgan fingerprint density at radius 1 is 1.11 bits per heavy atom. The average Bonchev–Trinajstić information content (AvgIpc) is 3.30. The number of H-pyrrole nitrogens is 3. The summed E-state index contributed by atoms with van der Waals surface area (Å²) in [6, 6.07) is 9.67. The first-order valence-corrected chi connectivity index (χ1v) is 9.21. The van der Waals surface area contributed by atoms with E-state index < -0.39 is 0 Å². The Hall–Kier alpha value is -3.74. The van der Waals surface area contributed by atoms with Crippen molar-refractivity contribution in [2.24, 2.45) is 0 Å². The molecule has 28 heavy (non-hydrogen) atoms. The van der Waals surface area contributed by atoms with Crippen LogP contribution in [-0.2, 0) is 6.42 Å². The molecular formula is C21H18N6O. The SMILES string of the molecule is C/C=C\c1[nH]c(=O)c2cc3c(-c4nc5ccccc5[nH]4)[nH]nc3nc2c1CC.